The van der Waals surface area contributed by atoms with Gasteiger partial charge < -0.3 is 15.0 Å². The maximum atomic E-state index is 12.4. The zero-order valence-corrected chi connectivity index (χ0v) is 12.9. The van der Waals surface area contributed by atoms with E-state index in [0.717, 1.165) is 0 Å². The zero-order chi connectivity index (χ0) is 16.2. The van der Waals surface area contributed by atoms with E-state index in [-0.39, 0.29) is 24.0 Å². The van der Waals surface area contributed by atoms with Gasteiger partial charge in [-0.3, -0.25) is 14.9 Å². The summed E-state index contributed by atoms with van der Waals surface area (Å²) in [5.41, 5.74) is -0.578. The molecule has 0 spiro atoms. The number of aliphatic hydroxyl groups is 1. The third-order valence-electron chi connectivity index (χ3n) is 3.87. The molecule has 1 aromatic rings. The zero-order valence-electron chi connectivity index (χ0n) is 12.9. The van der Waals surface area contributed by atoms with Crippen molar-refractivity contribution in [3.05, 3.63) is 28.1 Å². The first-order valence-corrected chi connectivity index (χ1v) is 7.09. The summed E-state index contributed by atoms with van der Waals surface area (Å²) < 4.78 is 1.57. The minimum absolute atomic E-state index is 0.0776. The van der Waals surface area contributed by atoms with Crippen LogP contribution in [0.25, 0.3) is 0 Å². The average molecular weight is 297 g/mol. The Morgan fingerprint density at radius 3 is 2.43 bits per heavy atom. The predicted octanol–water partition coefficient (Wildman–Crippen LogP) is 2.26. The minimum atomic E-state index is -0.696. The summed E-state index contributed by atoms with van der Waals surface area (Å²) in [5.74, 6) is -0.408. The Bertz CT molecular complexity index is 510. The van der Waals surface area contributed by atoms with Gasteiger partial charge in [-0.2, -0.15) is 0 Å². The van der Waals surface area contributed by atoms with Crippen LogP contribution in [-0.2, 0) is 0 Å². The number of aromatic nitrogens is 1. The third-order valence-corrected chi connectivity index (χ3v) is 3.87. The molecule has 0 unspecified atom stereocenters. The molecular formula is C14H23N3O4. The van der Waals surface area contributed by atoms with E-state index in [4.69, 9.17) is 0 Å². The predicted molar refractivity (Wildman–Crippen MR) is 79.3 cm³/mol. The standard InChI is InChI=1S/C14H23N3O4/c1-5-14(6-2,9-18)15-13(19)12-7-11(17(20)21)8-16(12)10(3)4/h7-8,10,18H,5-6,9H2,1-4H3,(H,15,19). The van der Waals surface area contributed by atoms with Crippen molar-refractivity contribution in [2.45, 2.75) is 52.1 Å². The van der Waals surface area contributed by atoms with Gasteiger partial charge in [-0.25, -0.2) is 0 Å². The molecule has 0 radical (unpaired) electrons. The summed E-state index contributed by atoms with van der Waals surface area (Å²) in [4.78, 5) is 22.8. The molecule has 1 amide bonds. The number of nitrogens with zero attached hydrogens (tertiary/aromatic N) is 2. The van der Waals surface area contributed by atoms with Crippen LogP contribution in [0.1, 0.15) is 57.1 Å². The molecule has 1 heterocycles. The molecule has 7 heteroatoms. The van der Waals surface area contributed by atoms with Gasteiger partial charge >= 0.3 is 0 Å². The lowest BCUT2D eigenvalue weighted by Gasteiger charge is -2.31. The van der Waals surface area contributed by atoms with Crippen molar-refractivity contribution in [1.82, 2.24) is 9.88 Å². The molecule has 0 saturated heterocycles. The Balaban J connectivity index is 3.14. The molecule has 1 aromatic heterocycles. The highest BCUT2D eigenvalue weighted by molar-refractivity contribution is 5.94. The molecule has 0 fully saturated rings. The summed E-state index contributed by atoms with van der Waals surface area (Å²) in [6.07, 6.45) is 2.52. The summed E-state index contributed by atoms with van der Waals surface area (Å²) in [5, 5.41) is 23.2. The number of hydrogen-bond acceptors (Lipinski definition) is 4. The Morgan fingerprint density at radius 1 is 1.48 bits per heavy atom. The van der Waals surface area contributed by atoms with Gasteiger partial charge in [0.15, 0.2) is 0 Å². The van der Waals surface area contributed by atoms with Gasteiger partial charge in [0, 0.05) is 12.1 Å². The van der Waals surface area contributed by atoms with Gasteiger partial charge in [-0.1, -0.05) is 13.8 Å². The second kappa shape index (κ2) is 6.71. The van der Waals surface area contributed by atoms with Crippen molar-refractivity contribution in [3.63, 3.8) is 0 Å². The lowest BCUT2D eigenvalue weighted by Crippen LogP contribution is -2.50. The average Bonchev–Trinajstić information content (AvgIpc) is 2.90. The van der Waals surface area contributed by atoms with Gasteiger partial charge in [0.2, 0.25) is 0 Å². The first kappa shape index (κ1) is 17.2. The van der Waals surface area contributed by atoms with E-state index in [1.54, 1.807) is 4.57 Å². The topological polar surface area (TPSA) is 97.4 Å². The molecule has 0 aromatic carbocycles. The summed E-state index contributed by atoms with van der Waals surface area (Å²) in [7, 11) is 0. The highest BCUT2D eigenvalue weighted by atomic mass is 16.6. The van der Waals surface area contributed by atoms with E-state index in [9.17, 15) is 20.0 Å². The van der Waals surface area contributed by atoms with Crippen LogP contribution in [0.3, 0.4) is 0 Å². The largest absolute Gasteiger partial charge is 0.394 e. The molecule has 0 atom stereocenters. The number of carbonyl (C=O) groups is 1. The normalized spacial score (nSPS) is 11.7. The number of hydrogen-bond donors (Lipinski definition) is 2. The SMILES string of the molecule is CCC(CC)(CO)NC(=O)c1cc([N+](=O)[O-])cn1C(C)C. The van der Waals surface area contributed by atoms with Crippen LogP contribution in [0.2, 0.25) is 0 Å². The van der Waals surface area contributed by atoms with Gasteiger partial charge in [0.05, 0.1) is 23.3 Å². The molecule has 2 N–H and O–H groups in total. The van der Waals surface area contributed by atoms with E-state index >= 15 is 0 Å². The van der Waals surface area contributed by atoms with Crippen LogP contribution in [-0.4, -0.2) is 32.6 Å². The van der Waals surface area contributed by atoms with Crippen LogP contribution in [0, 0.1) is 10.1 Å². The van der Waals surface area contributed by atoms with Crippen molar-refractivity contribution >= 4 is 11.6 Å². The number of amides is 1. The van der Waals surface area contributed by atoms with E-state index in [2.05, 4.69) is 5.32 Å². The molecule has 7 nitrogen and oxygen atoms in total. The van der Waals surface area contributed by atoms with Crippen LogP contribution in [0.15, 0.2) is 12.3 Å². The molecule has 1 rings (SSSR count). The molecule has 0 bridgehead atoms. The van der Waals surface area contributed by atoms with Gasteiger partial charge in [-0.15, -0.1) is 0 Å². The van der Waals surface area contributed by atoms with E-state index in [0.29, 0.717) is 12.8 Å². The van der Waals surface area contributed by atoms with Crippen molar-refractivity contribution in [1.29, 1.82) is 0 Å². The quantitative estimate of drug-likeness (QED) is 0.596. The Labute approximate surface area is 124 Å². The second-order valence-electron chi connectivity index (χ2n) is 5.44. The van der Waals surface area contributed by atoms with E-state index in [1.807, 2.05) is 27.7 Å². The molecule has 0 aliphatic heterocycles. The first-order chi connectivity index (χ1) is 9.80. The second-order valence-corrected chi connectivity index (χ2v) is 5.44. The molecular weight excluding hydrogens is 274 g/mol. The fourth-order valence-corrected chi connectivity index (χ4v) is 2.17. The van der Waals surface area contributed by atoms with Crippen molar-refractivity contribution in [2.75, 3.05) is 6.61 Å². The highest BCUT2D eigenvalue weighted by Gasteiger charge is 2.30. The first-order valence-electron chi connectivity index (χ1n) is 7.09. The minimum Gasteiger partial charge on any atom is -0.394 e. The molecule has 118 valence electrons. The summed E-state index contributed by atoms with van der Waals surface area (Å²) in [6, 6.07) is 1.19. The Hall–Kier alpha value is -1.89. The van der Waals surface area contributed by atoms with Crippen molar-refractivity contribution in [2.24, 2.45) is 0 Å². The number of nitrogens with one attached hydrogen (secondary N) is 1. The maximum Gasteiger partial charge on any atom is 0.287 e. The lowest BCUT2D eigenvalue weighted by molar-refractivity contribution is -0.384. The van der Waals surface area contributed by atoms with Crippen LogP contribution < -0.4 is 5.32 Å². The number of nitro groups is 1. The van der Waals surface area contributed by atoms with E-state index < -0.39 is 16.4 Å². The number of rotatable bonds is 7. The molecule has 0 saturated carbocycles. The van der Waals surface area contributed by atoms with Crippen LogP contribution >= 0.6 is 0 Å². The van der Waals surface area contributed by atoms with E-state index in [1.165, 1.54) is 12.3 Å². The maximum absolute atomic E-state index is 12.4. The fourth-order valence-electron chi connectivity index (χ4n) is 2.17. The summed E-state index contributed by atoms with van der Waals surface area (Å²) >= 11 is 0. The smallest absolute Gasteiger partial charge is 0.287 e. The van der Waals surface area contributed by atoms with Crippen molar-refractivity contribution in [3.8, 4) is 0 Å². The molecule has 0 aliphatic rings. The van der Waals surface area contributed by atoms with Crippen molar-refractivity contribution < 1.29 is 14.8 Å². The van der Waals surface area contributed by atoms with Gasteiger partial charge in [0.1, 0.15) is 5.69 Å². The summed E-state index contributed by atoms with van der Waals surface area (Å²) in [6.45, 7) is 7.28. The fraction of sp³-hybridized carbons (Fsp3) is 0.643. The number of carbonyl (C=O) groups excluding carboxylic acids is 1. The van der Waals surface area contributed by atoms with Gasteiger partial charge in [0.25, 0.3) is 11.6 Å². The Kier molecular flexibility index (Phi) is 5.48. The van der Waals surface area contributed by atoms with Crippen LogP contribution in [0.4, 0.5) is 5.69 Å². The van der Waals surface area contributed by atoms with Gasteiger partial charge in [-0.05, 0) is 26.7 Å². The Morgan fingerprint density at radius 2 is 2.05 bits per heavy atom. The lowest BCUT2D eigenvalue weighted by atomic mass is 9.93. The molecule has 21 heavy (non-hydrogen) atoms. The number of aliphatic hydroxyl groups excluding tert-OH is 1. The molecule has 0 aliphatic carbocycles. The highest BCUT2D eigenvalue weighted by Crippen LogP contribution is 2.22. The monoisotopic (exact) mass is 297 g/mol. The van der Waals surface area contributed by atoms with Crippen LogP contribution in [0.5, 0.6) is 0 Å². The third kappa shape index (κ3) is 3.60.